The van der Waals surface area contributed by atoms with Gasteiger partial charge in [-0.25, -0.2) is 0 Å². The second-order valence-corrected chi connectivity index (χ2v) is 7.37. The molecule has 3 amide bonds. The lowest BCUT2D eigenvalue weighted by Gasteiger charge is -2.18. The molecule has 0 saturated heterocycles. The van der Waals surface area contributed by atoms with Gasteiger partial charge in [-0.15, -0.1) is 0 Å². The normalized spacial score (nSPS) is 14.3. The van der Waals surface area contributed by atoms with E-state index in [1.165, 1.54) is 0 Å². The molecule has 1 aliphatic rings. The van der Waals surface area contributed by atoms with E-state index in [1.807, 2.05) is 13.0 Å². The van der Waals surface area contributed by atoms with Crippen LogP contribution in [0.2, 0.25) is 0 Å². The fourth-order valence-corrected chi connectivity index (χ4v) is 3.29. The minimum absolute atomic E-state index is 0.306. The Balaban J connectivity index is 1.81. The van der Waals surface area contributed by atoms with Crippen LogP contribution < -0.4 is 21.1 Å². The lowest BCUT2D eigenvalue weighted by molar-refractivity contribution is -0.114. The van der Waals surface area contributed by atoms with Crippen LogP contribution in [0.4, 0.5) is 0 Å². The maximum absolute atomic E-state index is 12.3. The predicted molar refractivity (Wildman–Crippen MR) is 112 cm³/mol. The molecule has 1 aliphatic heterocycles. The number of carbonyl (C=O) groups excluding carboxylic acids is 3. The Morgan fingerprint density at radius 2 is 1.97 bits per heavy atom. The fourth-order valence-electron chi connectivity index (χ4n) is 2.93. The summed E-state index contributed by atoms with van der Waals surface area (Å²) in [5, 5.41) is 5.39. The van der Waals surface area contributed by atoms with E-state index >= 15 is 0 Å². The quantitative estimate of drug-likeness (QED) is 0.437. The van der Waals surface area contributed by atoms with Gasteiger partial charge in [-0.1, -0.05) is 28.9 Å². The summed E-state index contributed by atoms with van der Waals surface area (Å²) in [5.41, 5.74) is 7.87. The van der Waals surface area contributed by atoms with Crippen molar-refractivity contribution in [1.29, 1.82) is 0 Å². The van der Waals surface area contributed by atoms with Gasteiger partial charge in [0.15, 0.2) is 0 Å². The molecule has 7 nitrogen and oxygen atoms in total. The van der Waals surface area contributed by atoms with Crippen molar-refractivity contribution >= 4 is 39.2 Å². The number of fused-ring (bicyclic) bond motifs is 1. The molecule has 2 aromatic rings. The van der Waals surface area contributed by atoms with Gasteiger partial charge < -0.3 is 15.8 Å². The Bertz CT molecular complexity index is 1020. The van der Waals surface area contributed by atoms with Crippen LogP contribution in [0.15, 0.2) is 47.1 Å². The number of benzene rings is 2. The molecule has 0 unspecified atom stereocenters. The molecular formula is C21H20BrN3O4. The predicted octanol–water partition coefficient (Wildman–Crippen LogP) is 2.74. The molecule has 0 saturated carbocycles. The van der Waals surface area contributed by atoms with E-state index in [0.717, 1.165) is 16.5 Å². The minimum atomic E-state index is -0.569. The highest BCUT2D eigenvalue weighted by Crippen LogP contribution is 2.27. The van der Waals surface area contributed by atoms with Crippen LogP contribution in [-0.4, -0.2) is 24.3 Å². The molecule has 8 heteroatoms. The van der Waals surface area contributed by atoms with E-state index in [2.05, 4.69) is 26.6 Å². The summed E-state index contributed by atoms with van der Waals surface area (Å²) >= 11 is 3.36. The monoisotopic (exact) mass is 457 g/mol. The summed E-state index contributed by atoms with van der Waals surface area (Å²) in [7, 11) is 0. The summed E-state index contributed by atoms with van der Waals surface area (Å²) in [4.78, 5) is 36.0. The highest BCUT2D eigenvalue weighted by atomic mass is 79.9. The second-order valence-electron chi connectivity index (χ2n) is 6.46. The number of carbonyl (C=O) groups is 3. The molecule has 0 spiro atoms. The molecule has 0 aliphatic carbocycles. The number of primary amides is 1. The van der Waals surface area contributed by atoms with E-state index in [1.54, 1.807) is 36.5 Å². The third-order valence-electron chi connectivity index (χ3n) is 4.31. The average molecular weight is 458 g/mol. The van der Waals surface area contributed by atoms with E-state index in [-0.39, 0.29) is 0 Å². The smallest absolute Gasteiger partial charge is 0.260 e. The van der Waals surface area contributed by atoms with Crippen LogP contribution in [-0.2, 0) is 11.3 Å². The van der Waals surface area contributed by atoms with Gasteiger partial charge in [0, 0.05) is 28.3 Å². The topological polar surface area (TPSA) is 111 Å². The van der Waals surface area contributed by atoms with Gasteiger partial charge in [0.05, 0.1) is 17.7 Å². The molecule has 0 atom stereocenters. The van der Waals surface area contributed by atoms with E-state index in [0.29, 0.717) is 41.2 Å². The molecule has 4 N–H and O–H groups in total. The molecule has 150 valence electrons. The van der Waals surface area contributed by atoms with E-state index in [9.17, 15) is 14.4 Å². The molecule has 2 aromatic carbocycles. The van der Waals surface area contributed by atoms with Gasteiger partial charge in [-0.05, 0) is 42.3 Å². The van der Waals surface area contributed by atoms with Gasteiger partial charge in [0.2, 0.25) is 0 Å². The third kappa shape index (κ3) is 4.65. The first-order valence-electron chi connectivity index (χ1n) is 9.05. The summed E-state index contributed by atoms with van der Waals surface area (Å²) in [6, 6.07) is 10.3. The Morgan fingerprint density at radius 3 is 2.69 bits per heavy atom. The largest absolute Gasteiger partial charge is 0.493 e. The second kappa shape index (κ2) is 8.91. The first-order valence-corrected chi connectivity index (χ1v) is 9.84. The van der Waals surface area contributed by atoms with Gasteiger partial charge in [-0.2, -0.15) is 0 Å². The highest BCUT2D eigenvalue weighted by molar-refractivity contribution is 9.10. The van der Waals surface area contributed by atoms with Crippen molar-refractivity contribution < 1.29 is 19.1 Å². The molecule has 3 rings (SSSR count). The summed E-state index contributed by atoms with van der Waals surface area (Å²) in [6.45, 7) is 2.82. The van der Waals surface area contributed by atoms with E-state index in [4.69, 9.17) is 10.5 Å². The Kier molecular flexibility index (Phi) is 6.33. The van der Waals surface area contributed by atoms with Crippen molar-refractivity contribution in [3.05, 3.63) is 69.3 Å². The maximum atomic E-state index is 12.3. The zero-order valence-corrected chi connectivity index (χ0v) is 17.3. The van der Waals surface area contributed by atoms with Crippen molar-refractivity contribution in [3.63, 3.8) is 0 Å². The van der Waals surface area contributed by atoms with Crippen molar-refractivity contribution in [2.24, 2.45) is 5.73 Å². The standard InChI is InChI=1S/C21H20BrN3O4/c1-2-7-29-18-6-3-12(8-16(18)19(23)26)10-24-11-17-15-9-13(22)4-5-14(15)20(27)25-21(17)28/h3-6,8-9,11,24H,2,7,10H2,1H3,(H2,23,26)(H,25,27,28). The van der Waals surface area contributed by atoms with Crippen molar-refractivity contribution in [3.8, 4) is 5.75 Å². The zero-order valence-electron chi connectivity index (χ0n) is 15.8. The highest BCUT2D eigenvalue weighted by Gasteiger charge is 2.27. The van der Waals surface area contributed by atoms with Crippen LogP contribution in [0.25, 0.3) is 5.57 Å². The number of rotatable bonds is 7. The number of nitrogens with two attached hydrogens (primary N) is 1. The van der Waals surface area contributed by atoms with Crippen LogP contribution in [0, 0.1) is 0 Å². The van der Waals surface area contributed by atoms with Crippen LogP contribution >= 0.6 is 15.9 Å². The number of halogens is 1. The van der Waals surface area contributed by atoms with Crippen LogP contribution in [0.5, 0.6) is 5.75 Å². The molecule has 0 bridgehead atoms. The van der Waals surface area contributed by atoms with Crippen LogP contribution in [0.1, 0.15) is 45.2 Å². The van der Waals surface area contributed by atoms with E-state index < -0.39 is 17.7 Å². The maximum Gasteiger partial charge on any atom is 0.260 e. The van der Waals surface area contributed by atoms with Crippen molar-refractivity contribution in [1.82, 2.24) is 10.6 Å². The van der Waals surface area contributed by atoms with Crippen molar-refractivity contribution in [2.45, 2.75) is 19.9 Å². The fraction of sp³-hybridized carbons (Fsp3) is 0.190. The summed E-state index contributed by atoms with van der Waals surface area (Å²) < 4.78 is 6.32. The summed E-state index contributed by atoms with van der Waals surface area (Å²) in [5.74, 6) is -1.02. The SMILES string of the molecule is CCCOc1ccc(CNC=C2C(=O)NC(=O)c3ccc(Br)cc32)cc1C(N)=O. The van der Waals surface area contributed by atoms with Gasteiger partial charge in [0.1, 0.15) is 5.75 Å². The number of ether oxygens (including phenoxy) is 1. The summed E-state index contributed by atoms with van der Waals surface area (Å²) in [6.07, 6.45) is 2.37. The molecule has 29 heavy (non-hydrogen) atoms. The Labute approximate surface area is 176 Å². The molecule has 0 radical (unpaired) electrons. The average Bonchev–Trinajstić information content (AvgIpc) is 2.68. The number of imide groups is 1. The van der Waals surface area contributed by atoms with Crippen LogP contribution in [0.3, 0.4) is 0 Å². The zero-order chi connectivity index (χ0) is 21.0. The Hall–Kier alpha value is -3.13. The van der Waals surface area contributed by atoms with Gasteiger partial charge >= 0.3 is 0 Å². The van der Waals surface area contributed by atoms with Gasteiger partial charge in [-0.3, -0.25) is 19.7 Å². The van der Waals surface area contributed by atoms with Gasteiger partial charge in [0.25, 0.3) is 17.7 Å². The lowest BCUT2D eigenvalue weighted by Crippen LogP contribution is -2.37. The first-order chi connectivity index (χ1) is 13.9. The molecule has 0 aromatic heterocycles. The first kappa shape index (κ1) is 20.6. The number of amides is 3. The third-order valence-corrected chi connectivity index (χ3v) is 4.81. The number of hydrogen-bond donors (Lipinski definition) is 3. The minimum Gasteiger partial charge on any atom is -0.493 e. The Morgan fingerprint density at radius 1 is 1.17 bits per heavy atom. The van der Waals surface area contributed by atoms with Crippen molar-refractivity contribution in [2.75, 3.05) is 6.61 Å². The molecule has 0 fully saturated rings. The molecular weight excluding hydrogens is 438 g/mol. The lowest BCUT2D eigenvalue weighted by atomic mass is 9.95. The molecule has 1 heterocycles. The number of hydrogen-bond acceptors (Lipinski definition) is 5. The number of nitrogens with one attached hydrogen (secondary N) is 2.